The number of carbonyl (C=O) groups is 6. The Labute approximate surface area is 444 Å². The van der Waals surface area contributed by atoms with E-state index in [0.29, 0.717) is 66.0 Å². The van der Waals surface area contributed by atoms with E-state index in [0.717, 1.165) is 0 Å². The van der Waals surface area contributed by atoms with Crippen LogP contribution in [0, 0.1) is 0 Å². The van der Waals surface area contributed by atoms with E-state index < -0.39 is 44.9 Å². The van der Waals surface area contributed by atoms with Gasteiger partial charge in [0.15, 0.2) is 5.78 Å². The van der Waals surface area contributed by atoms with Crippen molar-refractivity contribution in [1.82, 2.24) is 31.9 Å². The monoisotopic (exact) mass is 1110 g/mol. The van der Waals surface area contributed by atoms with Crippen LogP contribution in [0.2, 0.25) is 0 Å². The van der Waals surface area contributed by atoms with Crippen LogP contribution in [0.15, 0.2) is 72.8 Å². The molecule has 0 bridgehead atoms. The van der Waals surface area contributed by atoms with Crippen LogP contribution in [-0.4, -0.2) is 145 Å². The molecule has 3 unspecified atom stereocenters. The van der Waals surface area contributed by atoms with Crippen molar-refractivity contribution in [2.24, 2.45) is 0 Å². The maximum Gasteiger partial charge on any atom is 0.259 e. The van der Waals surface area contributed by atoms with Gasteiger partial charge < -0.3 is 46.1 Å². The summed E-state index contributed by atoms with van der Waals surface area (Å²) in [6.45, 7) is 7.53. The smallest absolute Gasteiger partial charge is 0.259 e. The third-order valence-electron chi connectivity index (χ3n) is 10.4. The molecular weight excluding hydrogens is 1040 g/mol. The summed E-state index contributed by atoms with van der Waals surface area (Å²) in [5.74, 6) is -1.57. The first-order valence-electron chi connectivity index (χ1n) is 24.1. The Bertz CT molecular complexity index is 2100. The zero-order valence-electron chi connectivity index (χ0n) is 42.3. The highest BCUT2D eigenvalue weighted by molar-refractivity contribution is 7.81. The highest BCUT2D eigenvalue weighted by Gasteiger charge is 2.35. The number of anilines is 3. The third-order valence-corrected chi connectivity index (χ3v) is 11.6. The van der Waals surface area contributed by atoms with Gasteiger partial charge in [-0.1, -0.05) is 0 Å². The molecule has 0 radical (unpaired) electrons. The fraction of sp³-hybridized carbons (Fsp3) is 0.500. The average molecular weight is 1110 g/mol. The third kappa shape index (κ3) is 28.7. The minimum absolute atomic E-state index is 0.0243. The normalized spacial score (nSPS) is 13.3. The van der Waals surface area contributed by atoms with Crippen molar-refractivity contribution >= 4 is 86.2 Å². The molecule has 75 heavy (non-hydrogen) atoms. The summed E-state index contributed by atoms with van der Waals surface area (Å²) < 4.78 is 84.7. The summed E-state index contributed by atoms with van der Waals surface area (Å²) in [7, 11) is 0. The molecule has 3 atom stereocenters. The van der Waals surface area contributed by atoms with Gasteiger partial charge in [-0.15, -0.1) is 0 Å². The van der Waals surface area contributed by atoms with Crippen LogP contribution in [0.1, 0.15) is 103 Å². The number of carbonyl (C=O) groups excluding carboxylic acids is 6. The Morgan fingerprint density at radius 3 is 1.09 bits per heavy atom. The minimum Gasteiger partial charge on any atom is -0.379 e. The number of Topliss-reactive ketones (excluding diaryl/α,β-unsaturated/α-hetero) is 1. The van der Waals surface area contributed by atoms with Gasteiger partial charge in [0.1, 0.15) is 0 Å². The van der Waals surface area contributed by atoms with Crippen LogP contribution in [0.25, 0.3) is 0 Å². The lowest BCUT2D eigenvalue weighted by Gasteiger charge is -2.40. The largest absolute Gasteiger partial charge is 0.379 e. The number of rotatable bonds is 38. The van der Waals surface area contributed by atoms with E-state index >= 15 is 0 Å². The highest BCUT2D eigenvalue weighted by Crippen LogP contribution is 2.17. The lowest BCUT2D eigenvalue weighted by atomic mass is 9.97. The van der Waals surface area contributed by atoms with Crippen LogP contribution >= 0.6 is 0 Å². The number of amides is 5. The van der Waals surface area contributed by atoms with Gasteiger partial charge >= 0.3 is 0 Å². The molecule has 3 aromatic carbocycles. The van der Waals surface area contributed by atoms with Crippen LogP contribution in [-0.2, 0) is 62.4 Å². The summed E-state index contributed by atoms with van der Waals surface area (Å²) >= 11 is -6.69. The fourth-order valence-electron chi connectivity index (χ4n) is 7.02. The molecule has 0 aliphatic rings. The summed E-state index contributed by atoms with van der Waals surface area (Å²) in [5, 5.41) is 17.5. The van der Waals surface area contributed by atoms with E-state index in [1.165, 1.54) is 48.5 Å². The van der Waals surface area contributed by atoms with Gasteiger partial charge in [0.25, 0.3) is 45.6 Å². The molecule has 0 saturated heterocycles. The van der Waals surface area contributed by atoms with Gasteiger partial charge in [0, 0.05) is 97.7 Å². The molecule has 0 aliphatic heterocycles. The Morgan fingerprint density at radius 2 is 0.760 bits per heavy atom. The molecule has 0 aromatic heterocycles. The number of unbranched alkanes of at least 4 members (excludes halogenated alkanes) is 1. The first kappa shape index (κ1) is 63.5. The molecule has 0 spiro atoms. The number of ether oxygens (including phenoxy) is 3. The van der Waals surface area contributed by atoms with E-state index in [4.69, 9.17) is 27.9 Å². The van der Waals surface area contributed by atoms with Crippen molar-refractivity contribution in [3.63, 3.8) is 0 Å². The van der Waals surface area contributed by atoms with Gasteiger partial charge in [0.2, 0.25) is 17.7 Å². The second kappa shape index (κ2) is 34.7. The molecule has 3 rings (SSSR count). The molecule has 0 heterocycles. The lowest BCUT2D eigenvalue weighted by molar-refractivity contribution is -0.122. The Morgan fingerprint density at radius 1 is 0.440 bits per heavy atom. The van der Waals surface area contributed by atoms with Crippen LogP contribution in [0.5, 0.6) is 0 Å². The van der Waals surface area contributed by atoms with Crippen molar-refractivity contribution in [1.29, 1.82) is 0 Å². The van der Waals surface area contributed by atoms with Gasteiger partial charge in [-0.05, 0) is 119 Å². The standard InChI is InChI=1S/C48H71N9O15S3/c1-47(2,3)57-48(32-70-29-21-42(59)49-24-5-4-8-41(58)35-9-15-38(16-10-35)54-73(64)65,33-71-30-22-43(60)50-25-6-27-52-45(62)36-11-17-39(18-12-36)55-74(66)67)34-72-31-23-44(61)51-26-7-28-53-46(63)37-13-19-40(20-14-37)56-75(68)69/h9-20,54-57H,4-8,21-34H2,1-3H3,(H,49,59)(H,50,60)(H,51,61)(H,52,62)(H,53,63)(H,64,65)(H,66,67)(H,68,69). The van der Waals surface area contributed by atoms with Crippen LogP contribution in [0.3, 0.4) is 0 Å². The number of hydrogen-bond donors (Lipinski definition) is 12. The van der Waals surface area contributed by atoms with Crippen molar-refractivity contribution in [2.45, 2.75) is 83.2 Å². The van der Waals surface area contributed by atoms with E-state index in [1.807, 2.05) is 20.8 Å². The molecule has 0 saturated carbocycles. The molecule has 3 aromatic rings. The van der Waals surface area contributed by atoms with Gasteiger partial charge in [-0.2, -0.15) is 0 Å². The SMILES string of the molecule is CC(C)(C)NC(COCCC(=O)NCCCCC(=O)c1ccc(NS(=O)O)cc1)(COCCC(=O)NCCCNC(=O)c1ccc(NS(=O)O)cc1)COCCC(=O)NCCCNC(=O)c1ccc(NS(=O)O)cc1. The molecule has 0 aliphatic carbocycles. The van der Waals surface area contributed by atoms with Gasteiger partial charge in [-0.3, -0.25) is 56.6 Å². The predicted molar refractivity (Wildman–Crippen MR) is 286 cm³/mol. The van der Waals surface area contributed by atoms with Crippen molar-refractivity contribution in [3.8, 4) is 0 Å². The maximum atomic E-state index is 12.7. The second-order valence-corrected chi connectivity index (χ2v) is 20.1. The maximum absolute atomic E-state index is 12.7. The zero-order valence-corrected chi connectivity index (χ0v) is 44.8. The Hall–Kier alpha value is -5.75. The van der Waals surface area contributed by atoms with E-state index in [1.54, 1.807) is 24.3 Å². The Balaban J connectivity index is 1.46. The molecule has 24 nitrogen and oxygen atoms in total. The summed E-state index contributed by atoms with van der Waals surface area (Å²) in [4.78, 5) is 75.7. The Kier molecular flexibility index (Phi) is 29.4. The van der Waals surface area contributed by atoms with E-state index in [-0.39, 0.29) is 127 Å². The van der Waals surface area contributed by atoms with Crippen LogP contribution in [0.4, 0.5) is 17.1 Å². The summed E-state index contributed by atoms with van der Waals surface area (Å²) in [6.07, 6.45) is 2.35. The van der Waals surface area contributed by atoms with Crippen LogP contribution < -0.4 is 46.1 Å². The molecule has 12 N–H and O–H groups in total. The number of hydrogen-bond acceptors (Lipinski definition) is 13. The molecule has 416 valence electrons. The lowest BCUT2D eigenvalue weighted by Crippen LogP contribution is -2.62. The predicted octanol–water partition coefficient (Wildman–Crippen LogP) is 3.02. The highest BCUT2D eigenvalue weighted by atomic mass is 32.2. The average Bonchev–Trinajstić information content (AvgIpc) is 3.34. The molecule has 0 fully saturated rings. The number of benzene rings is 3. The number of nitrogens with one attached hydrogen (secondary N) is 9. The van der Waals surface area contributed by atoms with Crippen molar-refractivity contribution in [2.75, 3.05) is 86.5 Å². The second-order valence-electron chi connectivity index (χ2n) is 18.0. The molecule has 5 amide bonds. The van der Waals surface area contributed by atoms with Gasteiger partial charge in [0.05, 0.1) is 45.2 Å². The topological polar surface area (TPSA) is 350 Å². The molecule has 27 heteroatoms. The number of ketones is 1. The zero-order chi connectivity index (χ0) is 55.1. The summed E-state index contributed by atoms with van der Waals surface area (Å²) in [5.41, 5.74) is 0.851. The first-order chi connectivity index (χ1) is 35.7. The summed E-state index contributed by atoms with van der Waals surface area (Å²) in [6, 6.07) is 18.3. The van der Waals surface area contributed by atoms with E-state index in [9.17, 15) is 41.4 Å². The fourth-order valence-corrected chi connectivity index (χ4v) is 8.03. The minimum atomic E-state index is -2.23. The van der Waals surface area contributed by atoms with Crippen molar-refractivity contribution in [3.05, 3.63) is 89.5 Å². The van der Waals surface area contributed by atoms with Gasteiger partial charge in [-0.25, -0.2) is 12.6 Å². The van der Waals surface area contributed by atoms with Crippen molar-refractivity contribution < 1.29 is 69.3 Å². The quantitative estimate of drug-likeness (QED) is 0.0223. The first-order valence-corrected chi connectivity index (χ1v) is 27.4. The van der Waals surface area contributed by atoms with E-state index in [2.05, 4.69) is 46.1 Å². The molecular formula is C48H71N9O15S3.